The molecule has 1 aliphatic carbocycles. The summed E-state index contributed by atoms with van der Waals surface area (Å²) >= 11 is 0. The van der Waals surface area contributed by atoms with E-state index in [0.717, 1.165) is 5.69 Å². The maximum absolute atomic E-state index is 3.77. The number of benzene rings is 3. The first kappa shape index (κ1) is 26.5. The van der Waals surface area contributed by atoms with Gasteiger partial charge in [0.15, 0.2) is 0 Å². The van der Waals surface area contributed by atoms with Gasteiger partial charge >= 0.3 is 0 Å². The van der Waals surface area contributed by atoms with Crippen LogP contribution in [0.3, 0.4) is 0 Å². The third-order valence-electron chi connectivity index (χ3n) is 8.45. The van der Waals surface area contributed by atoms with Gasteiger partial charge in [-0.15, -0.1) is 0 Å². The first-order chi connectivity index (χ1) is 16.5. The molecule has 1 aliphatic rings. The number of rotatable bonds is 3. The molecule has 0 amide bonds. The van der Waals surface area contributed by atoms with Gasteiger partial charge in [-0.1, -0.05) is 99.6 Å². The first-order valence-electron chi connectivity index (χ1n) is 13.7. The Hall–Kier alpha value is -2.54. The minimum absolute atomic E-state index is 0.0883. The highest BCUT2D eigenvalue weighted by atomic mass is 14.9. The summed E-state index contributed by atoms with van der Waals surface area (Å²) in [6.07, 6.45) is 2.47. The van der Waals surface area contributed by atoms with Crippen LogP contribution in [0.2, 0.25) is 0 Å². The molecule has 0 fully saturated rings. The minimum Gasteiger partial charge on any atom is -0.355 e. The fourth-order valence-corrected chi connectivity index (χ4v) is 5.88. The monoisotopic (exact) mass is 481 g/mol. The Labute approximate surface area is 220 Å². The summed E-state index contributed by atoms with van der Waals surface area (Å²) in [5.41, 5.74) is 12.8. The quantitative estimate of drug-likeness (QED) is 0.392. The van der Waals surface area contributed by atoms with Crippen molar-refractivity contribution in [2.45, 2.75) is 111 Å². The van der Waals surface area contributed by atoms with Crippen molar-refractivity contribution in [2.24, 2.45) is 0 Å². The molecule has 0 aromatic heterocycles. The van der Waals surface area contributed by atoms with E-state index < -0.39 is 0 Å². The van der Waals surface area contributed by atoms with Gasteiger partial charge in [0, 0.05) is 16.9 Å². The SMILES string of the molecule is Cc1c(-c2cc(C(C)(C)C)ccc2Nc2ccc(C(C)(C)C)cc2)ccc2c1C(C)(C)CCC2(C)C. The molecule has 0 atom stereocenters. The van der Waals surface area contributed by atoms with Crippen LogP contribution in [0.4, 0.5) is 11.4 Å². The van der Waals surface area contributed by atoms with E-state index in [0.29, 0.717) is 0 Å². The Kier molecular flexibility index (Phi) is 6.47. The van der Waals surface area contributed by atoms with Crippen LogP contribution < -0.4 is 5.32 Å². The molecule has 0 aliphatic heterocycles. The van der Waals surface area contributed by atoms with Crippen LogP contribution in [0.1, 0.15) is 110 Å². The van der Waals surface area contributed by atoms with Gasteiger partial charge in [0.05, 0.1) is 0 Å². The number of nitrogens with one attached hydrogen (secondary N) is 1. The van der Waals surface area contributed by atoms with Crippen molar-refractivity contribution in [2.75, 3.05) is 5.32 Å². The molecule has 1 heteroatoms. The number of hydrogen-bond donors (Lipinski definition) is 1. The lowest BCUT2D eigenvalue weighted by Gasteiger charge is -2.43. The largest absolute Gasteiger partial charge is 0.355 e. The van der Waals surface area contributed by atoms with E-state index in [1.807, 2.05) is 0 Å². The summed E-state index contributed by atoms with van der Waals surface area (Å²) in [5, 5.41) is 3.77. The smallest absolute Gasteiger partial charge is 0.0464 e. The average molecular weight is 482 g/mol. The van der Waals surface area contributed by atoms with Crippen molar-refractivity contribution in [1.29, 1.82) is 0 Å². The van der Waals surface area contributed by atoms with E-state index in [-0.39, 0.29) is 21.7 Å². The molecule has 3 aromatic carbocycles. The zero-order valence-corrected chi connectivity index (χ0v) is 24.6. The summed E-state index contributed by atoms with van der Waals surface area (Å²) in [5.74, 6) is 0. The second-order valence-electron chi connectivity index (χ2n) is 14.4. The molecule has 0 saturated carbocycles. The second-order valence-corrected chi connectivity index (χ2v) is 14.4. The zero-order chi connectivity index (χ0) is 26.7. The Balaban J connectivity index is 1.87. The molecule has 0 unspecified atom stereocenters. The van der Waals surface area contributed by atoms with E-state index >= 15 is 0 Å². The van der Waals surface area contributed by atoms with Gasteiger partial charge in [-0.25, -0.2) is 0 Å². The van der Waals surface area contributed by atoms with Crippen LogP contribution >= 0.6 is 0 Å². The summed E-state index contributed by atoms with van der Waals surface area (Å²) in [4.78, 5) is 0. The number of hydrogen-bond acceptors (Lipinski definition) is 1. The van der Waals surface area contributed by atoms with Crippen LogP contribution in [-0.2, 0) is 21.7 Å². The van der Waals surface area contributed by atoms with Gasteiger partial charge in [0.2, 0.25) is 0 Å². The van der Waals surface area contributed by atoms with Crippen LogP contribution in [0.25, 0.3) is 11.1 Å². The fraction of sp³-hybridized carbons (Fsp3) is 0.486. The van der Waals surface area contributed by atoms with Crippen molar-refractivity contribution in [3.63, 3.8) is 0 Å². The van der Waals surface area contributed by atoms with Crippen molar-refractivity contribution in [3.05, 3.63) is 82.4 Å². The molecule has 0 radical (unpaired) electrons. The maximum atomic E-state index is 3.77. The van der Waals surface area contributed by atoms with Gasteiger partial charge in [0.25, 0.3) is 0 Å². The Bertz CT molecular complexity index is 1260. The fourth-order valence-electron chi connectivity index (χ4n) is 5.88. The van der Waals surface area contributed by atoms with Crippen molar-refractivity contribution < 1.29 is 0 Å². The topological polar surface area (TPSA) is 12.0 Å². The Morgan fingerprint density at radius 3 is 1.78 bits per heavy atom. The lowest BCUT2D eigenvalue weighted by atomic mass is 9.61. The van der Waals surface area contributed by atoms with E-state index in [1.54, 1.807) is 5.56 Å². The van der Waals surface area contributed by atoms with Gasteiger partial charge < -0.3 is 5.32 Å². The lowest BCUT2D eigenvalue weighted by molar-refractivity contribution is 0.330. The van der Waals surface area contributed by atoms with Crippen LogP contribution in [0.15, 0.2) is 54.6 Å². The molecule has 1 N–H and O–H groups in total. The Morgan fingerprint density at radius 2 is 1.19 bits per heavy atom. The summed E-state index contributed by atoms with van der Waals surface area (Å²) in [6, 6.07) is 20.7. The van der Waals surface area contributed by atoms with Crippen molar-refractivity contribution in [3.8, 4) is 11.1 Å². The van der Waals surface area contributed by atoms with E-state index in [2.05, 4.69) is 136 Å². The molecule has 0 saturated heterocycles. The number of anilines is 2. The zero-order valence-electron chi connectivity index (χ0n) is 24.6. The average Bonchev–Trinajstić information content (AvgIpc) is 2.76. The lowest BCUT2D eigenvalue weighted by Crippen LogP contribution is -2.34. The van der Waals surface area contributed by atoms with E-state index in [9.17, 15) is 0 Å². The molecule has 0 heterocycles. The molecule has 1 nitrogen and oxygen atoms in total. The van der Waals surface area contributed by atoms with Gasteiger partial charge in [-0.05, 0) is 99.1 Å². The second kappa shape index (κ2) is 8.79. The molecule has 0 spiro atoms. The van der Waals surface area contributed by atoms with E-state index in [4.69, 9.17) is 0 Å². The van der Waals surface area contributed by atoms with Crippen LogP contribution in [0.5, 0.6) is 0 Å². The predicted octanol–water partition coefficient (Wildman–Crippen LogP) is 10.3. The normalized spacial score (nSPS) is 17.0. The third-order valence-corrected chi connectivity index (χ3v) is 8.45. The molecule has 4 rings (SSSR count). The minimum atomic E-state index is 0.0883. The van der Waals surface area contributed by atoms with E-state index in [1.165, 1.54) is 51.9 Å². The summed E-state index contributed by atoms with van der Waals surface area (Å²) < 4.78 is 0. The molecular formula is C35H47N. The molecule has 192 valence electrons. The highest BCUT2D eigenvalue weighted by Gasteiger charge is 2.38. The predicted molar refractivity (Wildman–Crippen MR) is 159 cm³/mol. The first-order valence-corrected chi connectivity index (χ1v) is 13.7. The summed E-state index contributed by atoms with van der Waals surface area (Å²) in [7, 11) is 0. The van der Waals surface area contributed by atoms with Gasteiger partial charge in [-0.2, -0.15) is 0 Å². The van der Waals surface area contributed by atoms with Crippen molar-refractivity contribution >= 4 is 11.4 Å². The molecule has 3 aromatic rings. The van der Waals surface area contributed by atoms with Crippen molar-refractivity contribution in [1.82, 2.24) is 0 Å². The highest BCUT2D eigenvalue weighted by Crippen LogP contribution is 2.49. The molecular weight excluding hydrogens is 434 g/mol. The molecule has 0 bridgehead atoms. The highest BCUT2D eigenvalue weighted by molar-refractivity contribution is 5.84. The number of fused-ring (bicyclic) bond motifs is 1. The van der Waals surface area contributed by atoms with Crippen LogP contribution in [0, 0.1) is 6.92 Å². The maximum Gasteiger partial charge on any atom is 0.0464 e. The van der Waals surface area contributed by atoms with Gasteiger partial charge in [-0.3, -0.25) is 0 Å². The standard InChI is InChI=1S/C35H47N/c1-23-27(17-18-29-31(23)35(10,11)21-20-34(29,8)9)28-22-25(33(5,6)7)14-19-30(28)36-26-15-12-24(13-16-26)32(2,3)4/h12-19,22,36H,20-21H2,1-11H3. The summed E-state index contributed by atoms with van der Waals surface area (Å²) in [6.45, 7) is 25.7. The Morgan fingerprint density at radius 1 is 0.639 bits per heavy atom. The van der Waals surface area contributed by atoms with Crippen LogP contribution in [-0.4, -0.2) is 0 Å². The van der Waals surface area contributed by atoms with Gasteiger partial charge in [0.1, 0.15) is 0 Å². The third kappa shape index (κ3) is 4.99. The molecule has 36 heavy (non-hydrogen) atoms.